The first kappa shape index (κ1) is 15.7. The maximum absolute atomic E-state index is 12.7. The van der Waals surface area contributed by atoms with Gasteiger partial charge in [-0.25, -0.2) is 14.1 Å². The molecule has 0 saturated carbocycles. The van der Waals surface area contributed by atoms with Crippen LogP contribution in [-0.2, 0) is 0 Å². The van der Waals surface area contributed by atoms with Gasteiger partial charge in [0.05, 0.1) is 5.69 Å². The van der Waals surface area contributed by atoms with Gasteiger partial charge in [-0.3, -0.25) is 9.78 Å². The normalized spacial score (nSPS) is 11.4. The number of hydrogen-bond donors (Lipinski definition) is 1. The number of nitrogen functional groups attached to an aromatic ring is 1. The minimum atomic E-state index is -0.227. The molecule has 0 aliphatic rings. The van der Waals surface area contributed by atoms with Crippen molar-refractivity contribution in [3.8, 4) is 16.9 Å². The van der Waals surface area contributed by atoms with Crippen LogP contribution in [0, 0.1) is 6.92 Å². The fraction of sp³-hybridized carbons (Fsp3) is 0.0526. The van der Waals surface area contributed by atoms with Gasteiger partial charge in [-0.05, 0) is 31.2 Å². The summed E-state index contributed by atoms with van der Waals surface area (Å²) < 4.78 is 4.20. The van der Waals surface area contributed by atoms with Crippen LogP contribution in [0.25, 0.3) is 32.3 Å². The summed E-state index contributed by atoms with van der Waals surface area (Å²) in [5.74, 6) is 0.210. The van der Waals surface area contributed by atoms with Gasteiger partial charge in [-0.2, -0.15) is 5.10 Å². The number of anilines is 1. The lowest BCUT2D eigenvalue weighted by molar-refractivity contribution is 0.884. The number of pyridine rings is 1. The molecule has 0 radical (unpaired) electrons. The highest BCUT2D eigenvalue weighted by Crippen LogP contribution is 2.35. The van der Waals surface area contributed by atoms with Crippen molar-refractivity contribution >= 4 is 32.5 Å². The summed E-state index contributed by atoms with van der Waals surface area (Å²) in [6.45, 7) is 2.03. The Morgan fingerprint density at radius 2 is 1.96 bits per heavy atom. The smallest absolute Gasteiger partial charge is 0.262 e. The molecule has 0 amide bonds. The molecule has 0 bridgehead atoms. The predicted octanol–water partition coefficient (Wildman–Crippen LogP) is 3.05. The first-order chi connectivity index (χ1) is 13.1. The molecule has 0 fully saturated rings. The van der Waals surface area contributed by atoms with Crippen LogP contribution in [0.1, 0.15) is 5.56 Å². The van der Waals surface area contributed by atoms with E-state index in [-0.39, 0.29) is 11.4 Å². The zero-order valence-corrected chi connectivity index (χ0v) is 15.1. The van der Waals surface area contributed by atoms with Crippen molar-refractivity contribution in [2.75, 3.05) is 5.73 Å². The zero-order valence-electron chi connectivity index (χ0n) is 14.3. The van der Waals surface area contributed by atoms with Crippen molar-refractivity contribution < 1.29 is 0 Å². The molecule has 7 nitrogen and oxygen atoms in total. The fourth-order valence-corrected chi connectivity index (χ4v) is 4.20. The highest BCUT2D eigenvalue weighted by molar-refractivity contribution is 7.24. The van der Waals surface area contributed by atoms with Crippen LogP contribution in [0.3, 0.4) is 0 Å². The van der Waals surface area contributed by atoms with Crippen LogP contribution in [0.15, 0.2) is 59.7 Å². The number of nitrogens with zero attached hydrogens (tertiary/aromatic N) is 5. The van der Waals surface area contributed by atoms with Crippen molar-refractivity contribution in [3.05, 3.63) is 70.8 Å². The largest absolute Gasteiger partial charge is 0.383 e. The van der Waals surface area contributed by atoms with Gasteiger partial charge in [0.25, 0.3) is 5.56 Å². The van der Waals surface area contributed by atoms with Crippen molar-refractivity contribution in [2.24, 2.45) is 0 Å². The van der Waals surface area contributed by atoms with Gasteiger partial charge in [0.15, 0.2) is 5.65 Å². The monoisotopic (exact) mass is 374 g/mol. The second-order valence-electron chi connectivity index (χ2n) is 6.23. The minimum Gasteiger partial charge on any atom is -0.383 e. The molecule has 27 heavy (non-hydrogen) atoms. The van der Waals surface area contributed by atoms with Gasteiger partial charge in [0.2, 0.25) is 4.96 Å². The number of aryl methyl sites for hydroxylation is 1. The predicted molar refractivity (Wildman–Crippen MR) is 106 cm³/mol. The number of hydrogen-bond acceptors (Lipinski definition) is 6. The Morgan fingerprint density at radius 1 is 1.15 bits per heavy atom. The topological polar surface area (TPSA) is 91.1 Å². The lowest BCUT2D eigenvalue weighted by Gasteiger charge is -2.04. The molecular formula is C19H14N6OS. The Morgan fingerprint density at radius 3 is 2.70 bits per heavy atom. The number of aromatic nitrogens is 5. The second kappa shape index (κ2) is 5.75. The summed E-state index contributed by atoms with van der Waals surface area (Å²) in [5.41, 5.74) is 9.88. The van der Waals surface area contributed by atoms with E-state index >= 15 is 0 Å². The second-order valence-corrected chi connectivity index (χ2v) is 7.21. The molecule has 132 valence electrons. The molecule has 5 aromatic rings. The Labute approximate surface area is 157 Å². The third-order valence-electron chi connectivity index (χ3n) is 4.35. The van der Waals surface area contributed by atoms with Crippen molar-refractivity contribution in [2.45, 2.75) is 6.92 Å². The van der Waals surface area contributed by atoms with Gasteiger partial charge in [-0.1, -0.05) is 29.0 Å². The number of nitrogens with two attached hydrogens (primary N) is 1. The summed E-state index contributed by atoms with van der Waals surface area (Å²) in [5, 5.41) is 4.80. The Bertz CT molecular complexity index is 1350. The minimum absolute atomic E-state index is 0.210. The van der Waals surface area contributed by atoms with E-state index in [1.165, 1.54) is 17.4 Å². The third-order valence-corrected chi connectivity index (χ3v) is 5.38. The van der Waals surface area contributed by atoms with Crippen LogP contribution in [-0.4, -0.2) is 24.1 Å². The van der Waals surface area contributed by atoms with E-state index in [0.717, 1.165) is 27.2 Å². The molecule has 0 aliphatic heterocycles. The standard InChI is InChI=1S/C19H14N6OS/c1-11-4-6-13(7-5-11)25-18-17(16(23-25)12-3-2-8-21-10-12)27-19-22-14(20)9-15(26)24(18)19/h2-10H,20H2,1H3. The first-order valence-corrected chi connectivity index (χ1v) is 9.12. The summed E-state index contributed by atoms with van der Waals surface area (Å²) >= 11 is 1.39. The summed E-state index contributed by atoms with van der Waals surface area (Å²) in [7, 11) is 0. The van der Waals surface area contributed by atoms with E-state index in [4.69, 9.17) is 10.8 Å². The Balaban J connectivity index is 1.94. The van der Waals surface area contributed by atoms with Gasteiger partial charge < -0.3 is 5.73 Å². The molecule has 0 spiro atoms. The maximum Gasteiger partial charge on any atom is 0.262 e. The van der Waals surface area contributed by atoms with E-state index in [1.807, 2.05) is 43.3 Å². The van der Waals surface area contributed by atoms with Crippen LogP contribution >= 0.6 is 11.3 Å². The Hall–Kier alpha value is -3.52. The molecule has 0 unspecified atom stereocenters. The quantitative estimate of drug-likeness (QED) is 0.513. The molecule has 4 aromatic heterocycles. The Kier molecular flexibility index (Phi) is 3.34. The average Bonchev–Trinajstić information content (AvgIpc) is 3.20. The van der Waals surface area contributed by atoms with E-state index in [9.17, 15) is 4.79 Å². The van der Waals surface area contributed by atoms with Gasteiger partial charge in [0, 0.05) is 24.0 Å². The number of benzene rings is 1. The zero-order chi connectivity index (χ0) is 18.5. The molecule has 0 saturated heterocycles. The van der Waals surface area contributed by atoms with Crippen LogP contribution in [0.4, 0.5) is 5.82 Å². The lowest BCUT2D eigenvalue weighted by Crippen LogP contribution is -2.15. The SMILES string of the molecule is Cc1ccc(-n2nc(-c3cccnc3)c3sc4nc(N)cc(=O)n4c32)cc1. The molecule has 2 N–H and O–H groups in total. The molecular weight excluding hydrogens is 360 g/mol. The average molecular weight is 374 g/mol. The molecule has 5 rings (SSSR count). The van der Waals surface area contributed by atoms with E-state index < -0.39 is 0 Å². The molecule has 0 atom stereocenters. The van der Waals surface area contributed by atoms with E-state index in [2.05, 4.69) is 9.97 Å². The molecule has 8 heteroatoms. The third kappa shape index (κ3) is 2.42. The van der Waals surface area contributed by atoms with Gasteiger partial charge in [0.1, 0.15) is 16.2 Å². The lowest BCUT2D eigenvalue weighted by atomic mass is 10.2. The highest BCUT2D eigenvalue weighted by Gasteiger charge is 2.21. The highest BCUT2D eigenvalue weighted by atomic mass is 32.1. The fourth-order valence-electron chi connectivity index (χ4n) is 3.08. The van der Waals surface area contributed by atoms with E-state index in [1.54, 1.807) is 21.5 Å². The molecule has 0 aliphatic carbocycles. The van der Waals surface area contributed by atoms with Gasteiger partial charge >= 0.3 is 0 Å². The summed E-state index contributed by atoms with van der Waals surface area (Å²) in [6, 6.07) is 13.1. The van der Waals surface area contributed by atoms with Crippen molar-refractivity contribution in [3.63, 3.8) is 0 Å². The van der Waals surface area contributed by atoms with Crippen molar-refractivity contribution in [1.82, 2.24) is 24.1 Å². The number of rotatable bonds is 2. The van der Waals surface area contributed by atoms with E-state index in [0.29, 0.717) is 10.6 Å². The first-order valence-electron chi connectivity index (χ1n) is 8.30. The summed E-state index contributed by atoms with van der Waals surface area (Å²) in [4.78, 5) is 21.7. The summed E-state index contributed by atoms with van der Waals surface area (Å²) in [6.07, 6.45) is 3.48. The van der Waals surface area contributed by atoms with Gasteiger partial charge in [-0.15, -0.1) is 0 Å². The molecule has 4 heterocycles. The van der Waals surface area contributed by atoms with Crippen LogP contribution < -0.4 is 11.3 Å². The number of fused-ring (bicyclic) bond motifs is 3. The van der Waals surface area contributed by atoms with Crippen LogP contribution in [0.2, 0.25) is 0 Å². The maximum atomic E-state index is 12.7. The van der Waals surface area contributed by atoms with Crippen molar-refractivity contribution in [1.29, 1.82) is 0 Å². The number of thiazole rings is 1. The van der Waals surface area contributed by atoms with Crippen LogP contribution in [0.5, 0.6) is 0 Å². The molecule has 1 aromatic carbocycles.